The Kier molecular flexibility index (Phi) is 5.57. The van der Waals surface area contributed by atoms with Crippen LogP contribution in [0, 0.1) is 0 Å². The van der Waals surface area contributed by atoms with E-state index in [9.17, 15) is 8.42 Å². The van der Waals surface area contributed by atoms with Crippen molar-refractivity contribution in [1.29, 1.82) is 0 Å². The summed E-state index contributed by atoms with van der Waals surface area (Å²) in [5.74, 6) is 0.436. The molecule has 0 aliphatic carbocycles. The lowest BCUT2D eigenvalue weighted by atomic mass is 10.5. The molecule has 1 aromatic heterocycles. The number of nitrogens with zero attached hydrogens (tertiary/aromatic N) is 2. The standard InChI is InChI=1S/C8H12BrClN4O2S/c1-2-14-17(15,16)4-3-11-8-6(9)7(10)12-5-13-8/h5,14H,2-4H2,1H3,(H,11,12,13). The molecular weight excluding hydrogens is 332 g/mol. The first-order valence-corrected chi connectivity index (χ1v) is 7.66. The molecule has 1 rings (SSSR count). The minimum absolute atomic E-state index is 0.0328. The van der Waals surface area contributed by atoms with E-state index >= 15 is 0 Å². The summed E-state index contributed by atoms with van der Waals surface area (Å²) in [6.07, 6.45) is 1.30. The second-order valence-corrected chi connectivity index (χ2v) is 6.15. The van der Waals surface area contributed by atoms with Crippen LogP contribution < -0.4 is 10.0 Å². The zero-order valence-electron chi connectivity index (χ0n) is 9.07. The van der Waals surface area contributed by atoms with Gasteiger partial charge in [0, 0.05) is 13.1 Å². The van der Waals surface area contributed by atoms with Gasteiger partial charge in [-0.15, -0.1) is 0 Å². The molecule has 0 unspecified atom stereocenters. The van der Waals surface area contributed by atoms with Crippen molar-refractivity contribution in [2.75, 3.05) is 24.2 Å². The monoisotopic (exact) mass is 342 g/mol. The molecule has 0 radical (unpaired) electrons. The predicted octanol–water partition coefficient (Wildman–Crippen LogP) is 1.24. The Morgan fingerprint density at radius 3 is 2.82 bits per heavy atom. The molecule has 1 aromatic rings. The highest BCUT2D eigenvalue weighted by molar-refractivity contribution is 9.10. The molecule has 0 fully saturated rings. The number of anilines is 1. The molecule has 0 aromatic carbocycles. The lowest BCUT2D eigenvalue weighted by Gasteiger charge is -2.08. The van der Waals surface area contributed by atoms with Gasteiger partial charge >= 0.3 is 0 Å². The highest BCUT2D eigenvalue weighted by Gasteiger charge is 2.10. The van der Waals surface area contributed by atoms with Crippen molar-refractivity contribution in [3.05, 3.63) is 16.0 Å². The van der Waals surface area contributed by atoms with Crippen molar-refractivity contribution in [3.8, 4) is 0 Å². The Bertz CT molecular complexity index is 482. The summed E-state index contributed by atoms with van der Waals surface area (Å²) in [5.41, 5.74) is 0. The van der Waals surface area contributed by atoms with Crippen molar-refractivity contribution in [3.63, 3.8) is 0 Å². The molecule has 0 bridgehead atoms. The lowest BCUT2D eigenvalue weighted by Crippen LogP contribution is -2.29. The molecule has 1 heterocycles. The van der Waals surface area contributed by atoms with E-state index in [0.29, 0.717) is 16.8 Å². The topological polar surface area (TPSA) is 84.0 Å². The molecule has 96 valence electrons. The van der Waals surface area contributed by atoms with Gasteiger partial charge in [0.1, 0.15) is 17.3 Å². The van der Waals surface area contributed by atoms with Gasteiger partial charge in [0.05, 0.1) is 10.2 Å². The van der Waals surface area contributed by atoms with Gasteiger partial charge in [-0.1, -0.05) is 18.5 Å². The smallest absolute Gasteiger partial charge is 0.213 e. The largest absolute Gasteiger partial charge is 0.368 e. The molecule has 6 nitrogen and oxygen atoms in total. The van der Waals surface area contributed by atoms with Crippen LogP contribution in [-0.4, -0.2) is 37.2 Å². The number of sulfonamides is 1. The number of aromatic nitrogens is 2. The molecule has 0 aliphatic heterocycles. The van der Waals surface area contributed by atoms with Crippen molar-refractivity contribution < 1.29 is 8.42 Å². The SMILES string of the molecule is CCNS(=O)(=O)CCNc1ncnc(Cl)c1Br. The van der Waals surface area contributed by atoms with E-state index in [0.717, 1.165) is 0 Å². The van der Waals surface area contributed by atoms with E-state index in [1.54, 1.807) is 6.92 Å². The van der Waals surface area contributed by atoms with E-state index in [4.69, 9.17) is 11.6 Å². The summed E-state index contributed by atoms with van der Waals surface area (Å²) in [7, 11) is -3.23. The normalized spacial score (nSPS) is 11.5. The van der Waals surface area contributed by atoms with E-state index in [-0.39, 0.29) is 17.5 Å². The molecule has 0 saturated heterocycles. The van der Waals surface area contributed by atoms with Gasteiger partial charge in [0.25, 0.3) is 0 Å². The van der Waals surface area contributed by atoms with Gasteiger partial charge in [-0.3, -0.25) is 0 Å². The number of hydrogen-bond donors (Lipinski definition) is 2. The fourth-order valence-corrected chi connectivity index (χ4v) is 2.50. The van der Waals surface area contributed by atoms with E-state index in [1.807, 2.05) is 0 Å². The second-order valence-electron chi connectivity index (χ2n) is 3.07. The Labute approximate surface area is 113 Å². The summed E-state index contributed by atoms with van der Waals surface area (Å²) in [5, 5.41) is 3.14. The van der Waals surface area contributed by atoms with Crippen molar-refractivity contribution in [2.24, 2.45) is 0 Å². The number of hydrogen-bond acceptors (Lipinski definition) is 5. The molecule has 2 N–H and O–H groups in total. The van der Waals surface area contributed by atoms with Crippen LogP contribution >= 0.6 is 27.5 Å². The number of rotatable bonds is 6. The molecule has 0 saturated carbocycles. The van der Waals surface area contributed by atoms with Crippen LogP contribution in [0.15, 0.2) is 10.8 Å². The first kappa shape index (κ1) is 14.6. The zero-order chi connectivity index (χ0) is 12.9. The van der Waals surface area contributed by atoms with Crippen molar-refractivity contribution in [1.82, 2.24) is 14.7 Å². The van der Waals surface area contributed by atoms with Crippen LogP contribution in [0.1, 0.15) is 6.92 Å². The summed E-state index contributed by atoms with van der Waals surface area (Å²) in [6.45, 7) is 2.35. The second kappa shape index (κ2) is 6.48. The number of nitrogens with one attached hydrogen (secondary N) is 2. The first-order chi connectivity index (χ1) is 7.96. The molecule has 0 spiro atoms. The average molecular weight is 344 g/mol. The van der Waals surface area contributed by atoms with Crippen LogP contribution in [0.25, 0.3) is 0 Å². The third kappa shape index (κ3) is 4.74. The molecule has 0 aliphatic rings. The Balaban J connectivity index is 2.55. The lowest BCUT2D eigenvalue weighted by molar-refractivity contribution is 0.584. The first-order valence-electron chi connectivity index (χ1n) is 4.83. The molecule has 9 heteroatoms. The fraction of sp³-hybridized carbons (Fsp3) is 0.500. The van der Waals surface area contributed by atoms with E-state index < -0.39 is 10.0 Å². The van der Waals surface area contributed by atoms with Gasteiger partial charge in [-0.25, -0.2) is 23.1 Å². The third-order valence-electron chi connectivity index (χ3n) is 1.77. The van der Waals surface area contributed by atoms with Crippen molar-refractivity contribution in [2.45, 2.75) is 6.92 Å². The highest BCUT2D eigenvalue weighted by atomic mass is 79.9. The number of halogens is 2. The van der Waals surface area contributed by atoms with E-state index in [2.05, 4.69) is 35.9 Å². The molecule has 0 amide bonds. The average Bonchev–Trinajstić information content (AvgIpc) is 2.24. The molecule has 17 heavy (non-hydrogen) atoms. The summed E-state index contributed by atoms with van der Waals surface area (Å²) >= 11 is 8.97. The summed E-state index contributed by atoms with van der Waals surface area (Å²) < 4.78 is 25.6. The van der Waals surface area contributed by atoms with Gasteiger partial charge in [-0.2, -0.15) is 0 Å². The van der Waals surface area contributed by atoms with E-state index in [1.165, 1.54) is 6.33 Å². The van der Waals surface area contributed by atoms with Gasteiger partial charge in [-0.05, 0) is 15.9 Å². The van der Waals surface area contributed by atoms with Gasteiger partial charge in [0.2, 0.25) is 10.0 Å². The van der Waals surface area contributed by atoms with Gasteiger partial charge < -0.3 is 5.32 Å². The quantitative estimate of drug-likeness (QED) is 0.759. The van der Waals surface area contributed by atoms with Gasteiger partial charge in [0.15, 0.2) is 0 Å². The van der Waals surface area contributed by atoms with Crippen LogP contribution in [-0.2, 0) is 10.0 Å². The van der Waals surface area contributed by atoms with Crippen molar-refractivity contribution >= 4 is 43.4 Å². The van der Waals surface area contributed by atoms with Crippen LogP contribution in [0.4, 0.5) is 5.82 Å². The highest BCUT2D eigenvalue weighted by Crippen LogP contribution is 2.25. The maximum atomic E-state index is 11.4. The van der Waals surface area contributed by atoms with Crippen LogP contribution in [0.2, 0.25) is 5.15 Å². The molecule has 0 atom stereocenters. The maximum absolute atomic E-state index is 11.4. The molecular formula is C8H12BrClN4O2S. The summed E-state index contributed by atoms with van der Waals surface area (Å²) in [6, 6.07) is 0. The maximum Gasteiger partial charge on any atom is 0.213 e. The predicted molar refractivity (Wildman–Crippen MR) is 70.7 cm³/mol. The minimum Gasteiger partial charge on any atom is -0.368 e. The van der Waals surface area contributed by atoms with Crippen LogP contribution in [0.3, 0.4) is 0 Å². The third-order valence-corrected chi connectivity index (χ3v) is 4.51. The summed E-state index contributed by atoms with van der Waals surface area (Å²) in [4.78, 5) is 7.70. The Morgan fingerprint density at radius 2 is 2.18 bits per heavy atom. The Hall–Kier alpha value is -0.440. The Morgan fingerprint density at radius 1 is 1.47 bits per heavy atom. The zero-order valence-corrected chi connectivity index (χ0v) is 12.2. The fourth-order valence-electron chi connectivity index (χ4n) is 1.07. The minimum atomic E-state index is -3.23. The van der Waals surface area contributed by atoms with Crippen LogP contribution in [0.5, 0.6) is 0 Å².